The minimum atomic E-state index is -0.667. The molecular formula is C7H5BF2. The van der Waals surface area contributed by atoms with Crippen LogP contribution in [0.15, 0.2) is 12.1 Å². The van der Waals surface area contributed by atoms with Crippen molar-refractivity contribution in [3.63, 3.8) is 0 Å². The molecule has 0 aromatic heterocycles. The van der Waals surface area contributed by atoms with E-state index >= 15 is 0 Å². The van der Waals surface area contributed by atoms with E-state index in [1.54, 1.807) is 0 Å². The van der Waals surface area contributed by atoms with E-state index in [1.807, 2.05) is 0 Å². The SMILES string of the molecule is [B]c1ccc(F)c(C)c1F. The van der Waals surface area contributed by atoms with E-state index in [-0.39, 0.29) is 11.0 Å². The summed E-state index contributed by atoms with van der Waals surface area (Å²) in [5.41, 5.74) is -0.0427. The highest BCUT2D eigenvalue weighted by molar-refractivity contribution is 6.32. The predicted octanol–water partition coefficient (Wildman–Crippen LogP) is 1.07. The van der Waals surface area contributed by atoms with Crippen LogP contribution in [0.1, 0.15) is 5.56 Å². The van der Waals surface area contributed by atoms with Gasteiger partial charge in [0.05, 0.1) is 0 Å². The van der Waals surface area contributed by atoms with Gasteiger partial charge in [0.15, 0.2) is 0 Å². The summed E-state index contributed by atoms with van der Waals surface area (Å²) in [5.74, 6) is -1.23. The molecule has 0 aliphatic carbocycles. The first-order valence-electron chi connectivity index (χ1n) is 2.83. The van der Waals surface area contributed by atoms with E-state index in [2.05, 4.69) is 0 Å². The number of benzene rings is 1. The Balaban J connectivity index is 3.34. The van der Waals surface area contributed by atoms with Crippen LogP contribution in [-0.2, 0) is 0 Å². The summed E-state index contributed by atoms with van der Waals surface area (Å²) >= 11 is 0. The van der Waals surface area contributed by atoms with Gasteiger partial charge in [0.2, 0.25) is 0 Å². The average molecular weight is 138 g/mol. The van der Waals surface area contributed by atoms with Gasteiger partial charge in [-0.05, 0) is 13.0 Å². The maximum atomic E-state index is 12.6. The Morgan fingerprint density at radius 1 is 1.30 bits per heavy atom. The second kappa shape index (κ2) is 2.41. The third-order valence-corrected chi connectivity index (χ3v) is 1.35. The van der Waals surface area contributed by atoms with Crippen molar-refractivity contribution in [1.29, 1.82) is 0 Å². The lowest BCUT2D eigenvalue weighted by Crippen LogP contribution is -2.10. The van der Waals surface area contributed by atoms with Gasteiger partial charge in [0.1, 0.15) is 19.5 Å². The highest BCUT2D eigenvalue weighted by Crippen LogP contribution is 2.06. The third kappa shape index (κ3) is 1.04. The molecule has 0 N–H and O–H groups in total. The van der Waals surface area contributed by atoms with Gasteiger partial charge in [-0.2, -0.15) is 0 Å². The molecule has 0 saturated carbocycles. The molecule has 1 aromatic carbocycles. The Bertz CT molecular complexity index is 231. The molecule has 0 amide bonds. The second-order valence-electron chi connectivity index (χ2n) is 2.08. The Kier molecular flexibility index (Phi) is 1.75. The minimum Gasteiger partial charge on any atom is -0.207 e. The molecule has 0 fully saturated rings. The lowest BCUT2D eigenvalue weighted by atomic mass is 9.93. The Hall–Kier alpha value is -0.855. The van der Waals surface area contributed by atoms with Crippen LogP contribution in [0.2, 0.25) is 0 Å². The van der Waals surface area contributed by atoms with Crippen LogP contribution in [0, 0.1) is 18.6 Å². The van der Waals surface area contributed by atoms with Crippen molar-refractivity contribution in [3.8, 4) is 0 Å². The molecule has 0 spiro atoms. The van der Waals surface area contributed by atoms with Crippen LogP contribution in [0.25, 0.3) is 0 Å². The molecule has 0 aliphatic rings. The van der Waals surface area contributed by atoms with E-state index in [4.69, 9.17) is 7.85 Å². The van der Waals surface area contributed by atoms with Gasteiger partial charge in [-0.15, -0.1) is 0 Å². The molecular weight excluding hydrogens is 133 g/mol. The molecule has 0 saturated heterocycles. The number of hydrogen-bond donors (Lipinski definition) is 0. The molecule has 3 heteroatoms. The van der Waals surface area contributed by atoms with E-state index in [9.17, 15) is 8.78 Å². The van der Waals surface area contributed by atoms with Crippen molar-refractivity contribution < 1.29 is 8.78 Å². The van der Waals surface area contributed by atoms with Crippen LogP contribution in [0.5, 0.6) is 0 Å². The van der Waals surface area contributed by atoms with Gasteiger partial charge < -0.3 is 0 Å². The average Bonchev–Trinajstić information content (AvgIpc) is 1.93. The summed E-state index contributed by atoms with van der Waals surface area (Å²) in [7, 11) is 5.15. The van der Waals surface area contributed by atoms with Crippen LogP contribution in [0.4, 0.5) is 8.78 Å². The summed E-state index contributed by atoms with van der Waals surface area (Å²) in [6.45, 7) is 1.35. The van der Waals surface area contributed by atoms with Gasteiger partial charge in [-0.1, -0.05) is 11.5 Å². The summed E-state index contributed by atoms with van der Waals surface area (Å²) in [6, 6.07) is 2.35. The van der Waals surface area contributed by atoms with Crippen LogP contribution < -0.4 is 5.46 Å². The zero-order valence-electron chi connectivity index (χ0n) is 5.49. The first-order valence-corrected chi connectivity index (χ1v) is 2.83. The minimum absolute atomic E-state index is 0.0149. The molecule has 0 heterocycles. The second-order valence-corrected chi connectivity index (χ2v) is 2.08. The molecule has 10 heavy (non-hydrogen) atoms. The number of halogens is 2. The fraction of sp³-hybridized carbons (Fsp3) is 0.143. The highest BCUT2D eigenvalue weighted by atomic mass is 19.1. The van der Waals surface area contributed by atoms with E-state index < -0.39 is 11.6 Å². The summed E-state index contributed by atoms with van der Waals surface area (Å²) in [6.07, 6.45) is 0. The monoisotopic (exact) mass is 138 g/mol. The van der Waals surface area contributed by atoms with Gasteiger partial charge in [0, 0.05) is 5.56 Å². The van der Waals surface area contributed by atoms with Crippen LogP contribution in [-0.4, -0.2) is 7.85 Å². The van der Waals surface area contributed by atoms with Gasteiger partial charge >= 0.3 is 0 Å². The molecule has 0 unspecified atom stereocenters. The van der Waals surface area contributed by atoms with Gasteiger partial charge in [-0.25, -0.2) is 8.78 Å². The van der Waals surface area contributed by atoms with Crippen molar-refractivity contribution >= 4 is 13.3 Å². The first kappa shape index (κ1) is 7.25. The van der Waals surface area contributed by atoms with E-state index in [1.165, 1.54) is 13.0 Å². The number of hydrogen-bond acceptors (Lipinski definition) is 0. The van der Waals surface area contributed by atoms with Crippen molar-refractivity contribution in [2.24, 2.45) is 0 Å². The van der Waals surface area contributed by atoms with Crippen molar-refractivity contribution in [3.05, 3.63) is 29.3 Å². The van der Waals surface area contributed by atoms with Crippen LogP contribution >= 0.6 is 0 Å². The van der Waals surface area contributed by atoms with Crippen molar-refractivity contribution in [2.45, 2.75) is 6.92 Å². The standard InChI is InChI=1S/C7H5BF2/c1-4-6(9)3-2-5(8)7(4)10/h2-3H,1H3. The molecule has 0 nitrogen and oxygen atoms in total. The first-order chi connectivity index (χ1) is 4.63. The zero-order valence-corrected chi connectivity index (χ0v) is 5.49. The third-order valence-electron chi connectivity index (χ3n) is 1.35. The molecule has 0 bridgehead atoms. The molecule has 0 atom stereocenters. The lowest BCUT2D eigenvalue weighted by Gasteiger charge is -2.00. The maximum Gasteiger partial charge on any atom is 0.128 e. The normalized spacial score (nSPS) is 9.90. The topological polar surface area (TPSA) is 0 Å². The van der Waals surface area contributed by atoms with E-state index in [0.717, 1.165) is 6.07 Å². The molecule has 1 rings (SSSR count). The summed E-state index contributed by atoms with van der Waals surface area (Å²) < 4.78 is 25.1. The fourth-order valence-corrected chi connectivity index (χ4v) is 0.682. The highest BCUT2D eigenvalue weighted by Gasteiger charge is 2.04. The zero-order chi connectivity index (χ0) is 7.72. The fourth-order valence-electron chi connectivity index (χ4n) is 0.682. The van der Waals surface area contributed by atoms with Gasteiger partial charge in [-0.3, -0.25) is 0 Å². The Morgan fingerprint density at radius 3 is 2.40 bits per heavy atom. The Labute approximate surface area is 59.3 Å². The van der Waals surface area contributed by atoms with Crippen molar-refractivity contribution in [2.75, 3.05) is 0 Å². The smallest absolute Gasteiger partial charge is 0.128 e. The molecule has 50 valence electrons. The number of rotatable bonds is 0. The van der Waals surface area contributed by atoms with Gasteiger partial charge in [0.25, 0.3) is 0 Å². The van der Waals surface area contributed by atoms with Crippen LogP contribution in [0.3, 0.4) is 0 Å². The lowest BCUT2D eigenvalue weighted by molar-refractivity contribution is 0.573. The largest absolute Gasteiger partial charge is 0.207 e. The summed E-state index contributed by atoms with van der Waals surface area (Å²) in [5, 5.41) is 0. The Morgan fingerprint density at radius 2 is 1.90 bits per heavy atom. The maximum absolute atomic E-state index is 12.6. The van der Waals surface area contributed by atoms with E-state index in [0.29, 0.717) is 0 Å². The molecule has 2 radical (unpaired) electrons. The summed E-state index contributed by atoms with van der Waals surface area (Å²) in [4.78, 5) is 0. The molecule has 1 aromatic rings. The predicted molar refractivity (Wildman–Crippen MR) is 36.5 cm³/mol. The molecule has 0 aliphatic heterocycles. The van der Waals surface area contributed by atoms with Crippen molar-refractivity contribution in [1.82, 2.24) is 0 Å². The quantitative estimate of drug-likeness (QED) is 0.470.